The zero-order valence-corrected chi connectivity index (χ0v) is 18.1. The number of urea groups is 1. The van der Waals surface area contributed by atoms with Crippen molar-refractivity contribution < 1.29 is 18.0 Å². The Morgan fingerprint density at radius 3 is 1.97 bits per heavy atom. The van der Waals surface area contributed by atoms with Crippen LogP contribution in [0.15, 0.2) is 84.9 Å². The van der Waals surface area contributed by atoms with Crippen molar-refractivity contribution in [3.05, 3.63) is 102 Å². The minimum atomic E-state index is -4.39. The number of nitrogens with zero attached hydrogens (tertiary/aromatic N) is 2. The minimum absolute atomic E-state index is 0.203. The van der Waals surface area contributed by atoms with Crippen LogP contribution in [0.1, 0.15) is 22.7 Å². The summed E-state index contributed by atoms with van der Waals surface area (Å²) in [5, 5.41) is 2.71. The largest absolute Gasteiger partial charge is 0.416 e. The maximum Gasteiger partial charge on any atom is 0.416 e. The second kappa shape index (κ2) is 10.1. The summed E-state index contributed by atoms with van der Waals surface area (Å²) in [6.07, 6.45) is -3.52. The van der Waals surface area contributed by atoms with Gasteiger partial charge in [0.1, 0.15) is 0 Å². The zero-order valence-electron chi connectivity index (χ0n) is 18.1. The number of hydrogen-bond donors (Lipinski definition) is 1. The molecule has 4 nitrogen and oxygen atoms in total. The number of piperazine rings is 1. The van der Waals surface area contributed by atoms with Crippen molar-refractivity contribution in [1.29, 1.82) is 0 Å². The summed E-state index contributed by atoms with van der Waals surface area (Å²) in [6, 6.07) is 25.1. The number of hydrogen-bond acceptors (Lipinski definition) is 2. The molecule has 0 aromatic heterocycles. The van der Waals surface area contributed by atoms with Gasteiger partial charge in [-0.2, -0.15) is 13.2 Å². The van der Waals surface area contributed by atoms with Gasteiger partial charge in [0.05, 0.1) is 5.56 Å². The van der Waals surface area contributed by atoms with Gasteiger partial charge in [-0.05, 0) is 41.8 Å². The van der Waals surface area contributed by atoms with Crippen LogP contribution in [-0.2, 0) is 12.6 Å². The molecule has 1 heterocycles. The highest BCUT2D eigenvalue weighted by Crippen LogP contribution is 2.30. The van der Waals surface area contributed by atoms with Crippen molar-refractivity contribution in [3.63, 3.8) is 0 Å². The highest BCUT2D eigenvalue weighted by Gasteiger charge is 2.30. The van der Waals surface area contributed by atoms with Gasteiger partial charge in [0.2, 0.25) is 0 Å². The number of nitrogens with one attached hydrogen (secondary N) is 1. The third-order valence-corrected chi connectivity index (χ3v) is 5.96. The smallest absolute Gasteiger partial charge is 0.322 e. The van der Waals surface area contributed by atoms with E-state index in [2.05, 4.69) is 34.5 Å². The molecule has 3 aromatic carbocycles. The quantitative estimate of drug-likeness (QED) is 0.527. The summed E-state index contributed by atoms with van der Waals surface area (Å²) >= 11 is 0. The van der Waals surface area contributed by atoms with Gasteiger partial charge in [0, 0.05) is 37.9 Å². The first-order valence-electron chi connectivity index (χ1n) is 11.0. The van der Waals surface area contributed by atoms with E-state index in [-0.39, 0.29) is 12.1 Å². The Labute approximate surface area is 191 Å². The van der Waals surface area contributed by atoms with Crippen LogP contribution in [0.4, 0.5) is 23.7 Å². The molecule has 0 radical (unpaired) electrons. The first kappa shape index (κ1) is 22.9. The van der Waals surface area contributed by atoms with Crippen LogP contribution in [0.2, 0.25) is 0 Å². The lowest BCUT2D eigenvalue weighted by atomic mass is 9.96. The molecule has 3 aromatic rings. The molecule has 7 heteroatoms. The summed E-state index contributed by atoms with van der Waals surface area (Å²) in [7, 11) is 0. The molecule has 1 unspecified atom stereocenters. The summed E-state index contributed by atoms with van der Waals surface area (Å²) in [6.45, 7) is 2.52. The summed E-state index contributed by atoms with van der Waals surface area (Å²) in [5.74, 6) is 0. The summed E-state index contributed by atoms with van der Waals surface area (Å²) < 4.78 is 38.2. The molecule has 172 valence electrons. The van der Waals surface area contributed by atoms with Crippen LogP contribution in [0.3, 0.4) is 0 Å². The Kier molecular flexibility index (Phi) is 6.99. The highest BCUT2D eigenvalue weighted by atomic mass is 19.4. The van der Waals surface area contributed by atoms with Crippen molar-refractivity contribution in [2.75, 3.05) is 31.5 Å². The third-order valence-electron chi connectivity index (χ3n) is 5.96. The molecule has 1 aliphatic heterocycles. The van der Waals surface area contributed by atoms with Gasteiger partial charge in [-0.25, -0.2) is 4.79 Å². The van der Waals surface area contributed by atoms with Gasteiger partial charge in [0.25, 0.3) is 0 Å². The van der Waals surface area contributed by atoms with E-state index >= 15 is 0 Å². The van der Waals surface area contributed by atoms with Crippen LogP contribution in [-0.4, -0.2) is 42.0 Å². The second-order valence-corrected chi connectivity index (χ2v) is 8.14. The number of anilines is 1. The van der Waals surface area contributed by atoms with Gasteiger partial charge in [-0.3, -0.25) is 4.90 Å². The molecule has 1 N–H and O–H groups in total. The van der Waals surface area contributed by atoms with E-state index in [0.29, 0.717) is 31.9 Å². The fourth-order valence-corrected chi connectivity index (χ4v) is 4.15. The van der Waals surface area contributed by atoms with E-state index in [4.69, 9.17) is 0 Å². The monoisotopic (exact) mass is 453 g/mol. The van der Waals surface area contributed by atoms with Gasteiger partial charge >= 0.3 is 12.2 Å². The summed E-state index contributed by atoms with van der Waals surface area (Å²) in [4.78, 5) is 16.8. The average Bonchev–Trinajstić information content (AvgIpc) is 2.84. The van der Waals surface area contributed by atoms with Crippen LogP contribution in [0.5, 0.6) is 0 Å². The number of carbonyl (C=O) groups is 1. The normalized spacial score (nSPS) is 15.8. The number of halogens is 3. The van der Waals surface area contributed by atoms with Crippen LogP contribution >= 0.6 is 0 Å². The van der Waals surface area contributed by atoms with E-state index in [1.54, 1.807) is 4.90 Å². The van der Waals surface area contributed by atoms with E-state index in [0.717, 1.165) is 18.6 Å². The van der Waals surface area contributed by atoms with Crippen molar-refractivity contribution in [2.45, 2.75) is 18.6 Å². The second-order valence-electron chi connectivity index (χ2n) is 8.14. The molecule has 0 saturated carbocycles. The number of alkyl halides is 3. The number of carbonyl (C=O) groups excluding carboxylic acids is 1. The molecular weight excluding hydrogens is 427 g/mol. The third kappa shape index (κ3) is 5.93. The van der Waals surface area contributed by atoms with Gasteiger partial charge in [-0.15, -0.1) is 0 Å². The predicted molar refractivity (Wildman–Crippen MR) is 123 cm³/mol. The topological polar surface area (TPSA) is 35.6 Å². The number of rotatable bonds is 5. The molecule has 2 amide bonds. The molecule has 0 spiro atoms. The minimum Gasteiger partial charge on any atom is -0.322 e. The Bertz CT molecular complexity index is 1030. The Balaban J connectivity index is 1.38. The number of amides is 2. The predicted octanol–water partition coefficient (Wildman–Crippen LogP) is 5.84. The fourth-order valence-electron chi connectivity index (χ4n) is 4.15. The zero-order chi connectivity index (χ0) is 23.3. The van der Waals surface area contributed by atoms with Crippen molar-refractivity contribution in [2.24, 2.45) is 0 Å². The SMILES string of the molecule is O=C(Nc1ccc(C(F)(F)F)cc1)N1CCN(C(Cc2ccccc2)c2ccccc2)CC1. The average molecular weight is 454 g/mol. The lowest BCUT2D eigenvalue weighted by Gasteiger charge is -2.39. The van der Waals surface area contributed by atoms with Crippen molar-refractivity contribution >= 4 is 11.7 Å². The first-order chi connectivity index (χ1) is 15.9. The van der Waals surface area contributed by atoms with E-state index in [1.165, 1.54) is 23.3 Å². The molecule has 1 fully saturated rings. The molecular formula is C26H26F3N3O. The fraction of sp³-hybridized carbons (Fsp3) is 0.269. The van der Waals surface area contributed by atoms with Gasteiger partial charge in [-0.1, -0.05) is 60.7 Å². The first-order valence-corrected chi connectivity index (χ1v) is 11.0. The van der Waals surface area contributed by atoms with E-state index in [1.807, 2.05) is 36.4 Å². The van der Waals surface area contributed by atoms with Crippen molar-refractivity contribution in [1.82, 2.24) is 9.80 Å². The van der Waals surface area contributed by atoms with Crippen LogP contribution in [0.25, 0.3) is 0 Å². The molecule has 33 heavy (non-hydrogen) atoms. The lowest BCUT2D eigenvalue weighted by Crippen LogP contribution is -2.51. The van der Waals surface area contributed by atoms with Crippen molar-refractivity contribution in [3.8, 4) is 0 Å². The Morgan fingerprint density at radius 2 is 1.39 bits per heavy atom. The lowest BCUT2D eigenvalue weighted by molar-refractivity contribution is -0.137. The Morgan fingerprint density at radius 1 is 0.818 bits per heavy atom. The van der Waals surface area contributed by atoms with E-state index in [9.17, 15) is 18.0 Å². The van der Waals surface area contributed by atoms with Crippen LogP contribution < -0.4 is 5.32 Å². The van der Waals surface area contributed by atoms with Crippen LogP contribution in [0, 0.1) is 0 Å². The maximum atomic E-state index is 12.7. The van der Waals surface area contributed by atoms with E-state index < -0.39 is 11.7 Å². The molecule has 1 atom stereocenters. The number of benzene rings is 3. The van der Waals surface area contributed by atoms with Gasteiger partial charge < -0.3 is 10.2 Å². The highest BCUT2D eigenvalue weighted by molar-refractivity contribution is 5.89. The summed E-state index contributed by atoms with van der Waals surface area (Å²) in [5.41, 5.74) is 2.11. The molecule has 1 aliphatic rings. The molecule has 0 aliphatic carbocycles. The molecule has 4 rings (SSSR count). The molecule has 1 saturated heterocycles. The molecule has 0 bridgehead atoms. The maximum absolute atomic E-state index is 12.7. The Hall–Kier alpha value is -3.32. The van der Waals surface area contributed by atoms with Gasteiger partial charge in [0.15, 0.2) is 0 Å². The standard InChI is InChI=1S/C26H26F3N3O/c27-26(28,29)22-11-13-23(14-12-22)30-25(33)32-17-15-31(16-18-32)24(21-9-5-2-6-10-21)19-20-7-3-1-4-8-20/h1-14,24H,15-19H2,(H,30,33).